The largest absolute Gasteiger partial charge is 0.159 e. The van der Waals surface area contributed by atoms with Gasteiger partial charge in [-0.1, -0.05) is 54.1 Å². The zero-order valence-electron chi connectivity index (χ0n) is 14.7. The van der Waals surface area contributed by atoms with Crippen LogP contribution in [0.15, 0.2) is 65.3 Å². The Morgan fingerprint density at radius 3 is 2.38 bits per heavy atom. The minimum absolute atomic E-state index is 1.07. The third-order valence-corrected chi connectivity index (χ3v) is 4.00. The van der Waals surface area contributed by atoms with Gasteiger partial charge in [-0.3, -0.25) is 0 Å². The molecule has 0 aliphatic heterocycles. The van der Waals surface area contributed by atoms with Crippen LogP contribution in [0.3, 0.4) is 0 Å². The first-order valence-corrected chi connectivity index (χ1v) is 8.52. The predicted molar refractivity (Wildman–Crippen MR) is 105 cm³/mol. The molecule has 0 spiro atoms. The molecule has 24 heavy (non-hydrogen) atoms. The van der Waals surface area contributed by atoms with Gasteiger partial charge in [-0.25, -0.2) is 0 Å². The summed E-state index contributed by atoms with van der Waals surface area (Å²) in [5.74, 6) is 0. The molecular weight excluding hydrogens is 292 g/mol. The predicted octanol–water partition coefficient (Wildman–Crippen LogP) is 5.66. The number of aryl methyl sites for hydroxylation is 3. The van der Waals surface area contributed by atoms with E-state index in [0.29, 0.717) is 0 Å². The van der Waals surface area contributed by atoms with Crippen molar-refractivity contribution in [2.45, 2.75) is 39.5 Å². The highest BCUT2D eigenvalue weighted by molar-refractivity contribution is 5.83. The molecule has 0 fully saturated rings. The SMILES string of the molecule is C=CCCCCc1ccc(/C=N/N=C/c2ccc(C)cc2C)cc1. The van der Waals surface area contributed by atoms with Crippen molar-refractivity contribution in [3.8, 4) is 0 Å². The van der Waals surface area contributed by atoms with E-state index >= 15 is 0 Å². The van der Waals surface area contributed by atoms with Crippen LogP contribution in [-0.4, -0.2) is 12.4 Å². The molecule has 2 aromatic carbocycles. The molecule has 0 unspecified atom stereocenters. The molecular formula is C22H26N2. The van der Waals surface area contributed by atoms with Crippen molar-refractivity contribution >= 4 is 12.4 Å². The van der Waals surface area contributed by atoms with E-state index in [9.17, 15) is 0 Å². The van der Waals surface area contributed by atoms with Crippen LogP contribution in [0.2, 0.25) is 0 Å². The lowest BCUT2D eigenvalue weighted by Crippen LogP contribution is -1.88. The van der Waals surface area contributed by atoms with Crippen molar-refractivity contribution < 1.29 is 0 Å². The lowest BCUT2D eigenvalue weighted by Gasteiger charge is -2.01. The summed E-state index contributed by atoms with van der Waals surface area (Å²) < 4.78 is 0. The molecule has 0 bridgehead atoms. The smallest absolute Gasteiger partial charge is 0.0570 e. The Hall–Kier alpha value is -2.48. The first kappa shape index (κ1) is 17.9. The zero-order chi connectivity index (χ0) is 17.2. The van der Waals surface area contributed by atoms with Crippen LogP contribution in [-0.2, 0) is 6.42 Å². The second-order valence-electron chi connectivity index (χ2n) is 6.13. The van der Waals surface area contributed by atoms with Crippen molar-refractivity contribution in [2.24, 2.45) is 10.2 Å². The molecule has 0 aliphatic rings. The summed E-state index contributed by atoms with van der Waals surface area (Å²) >= 11 is 0. The number of benzene rings is 2. The van der Waals surface area contributed by atoms with Gasteiger partial charge in [0, 0.05) is 0 Å². The summed E-state index contributed by atoms with van der Waals surface area (Å²) in [6.45, 7) is 7.94. The summed E-state index contributed by atoms with van der Waals surface area (Å²) in [7, 11) is 0. The van der Waals surface area contributed by atoms with Crippen LogP contribution in [0.4, 0.5) is 0 Å². The standard InChI is InChI=1S/C22H26N2/c1-4-5-6-7-8-20-10-12-21(13-11-20)16-23-24-17-22-14-9-18(2)15-19(22)3/h4,9-17H,1,5-8H2,2-3H3/b23-16+,24-17+. The van der Waals surface area contributed by atoms with E-state index in [1.807, 2.05) is 6.08 Å². The fraction of sp³-hybridized carbons (Fsp3) is 0.273. The van der Waals surface area contributed by atoms with Gasteiger partial charge in [-0.2, -0.15) is 10.2 Å². The van der Waals surface area contributed by atoms with Gasteiger partial charge in [0.25, 0.3) is 0 Å². The maximum atomic E-state index is 4.15. The van der Waals surface area contributed by atoms with Gasteiger partial charge in [0.15, 0.2) is 0 Å². The van der Waals surface area contributed by atoms with E-state index in [2.05, 4.69) is 73.1 Å². The van der Waals surface area contributed by atoms with E-state index in [1.165, 1.54) is 29.5 Å². The minimum Gasteiger partial charge on any atom is -0.159 e. The Bertz CT molecular complexity index is 709. The summed E-state index contributed by atoms with van der Waals surface area (Å²) in [5.41, 5.74) is 6.03. The van der Waals surface area contributed by atoms with Gasteiger partial charge in [0.2, 0.25) is 0 Å². The third kappa shape index (κ3) is 5.96. The van der Waals surface area contributed by atoms with Crippen LogP contribution < -0.4 is 0 Å². The molecule has 2 nitrogen and oxygen atoms in total. The first-order chi connectivity index (χ1) is 11.7. The fourth-order valence-corrected chi connectivity index (χ4v) is 2.55. The molecule has 124 valence electrons. The van der Waals surface area contributed by atoms with Crippen molar-refractivity contribution in [3.05, 3.63) is 82.9 Å². The third-order valence-electron chi connectivity index (χ3n) is 4.00. The average Bonchev–Trinajstić information content (AvgIpc) is 2.58. The molecule has 0 saturated heterocycles. The van der Waals surface area contributed by atoms with E-state index in [4.69, 9.17) is 0 Å². The molecule has 0 atom stereocenters. The summed E-state index contributed by atoms with van der Waals surface area (Å²) in [6, 6.07) is 14.8. The molecule has 2 heteroatoms. The number of hydrogen-bond donors (Lipinski definition) is 0. The Balaban J connectivity index is 1.87. The molecule has 0 radical (unpaired) electrons. The van der Waals surface area contributed by atoms with E-state index < -0.39 is 0 Å². The molecule has 0 aromatic heterocycles. The lowest BCUT2D eigenvalue weighted by atomic mass is 10.1. The number of allylic oxidation sites excluding steroid dienone is 1. The molecule has 2 aromatic rings. The average molecular weight is 318 g/mol. The van der Waals surface area contributed by atoms with Crippen LogP contribution >= 0.6 is 0 Å². The number of rotatable bonds is 8. The molecule has 0 heterocycles. The number of unbranched alkanes of at least 4 members (excludes halogenated alkanes) is 2. The summed E-state index contributed by atoms with van der Waals surface area (Å²) in [4.78, 5) is 0. The zero-order valence-corrected chi connectivity index (χ0v) is 14.7. The van der Waals surface area contributed by atoms with Crippen molar-refractivity contribution in [2.75, 3.05) is 0 Å². The van der Waals surface area contributed by atoms with Crippen molar-refractivity contribution in [3.63, 3.8) is 0 Å². The molecule has 0 amide bonds. The maximum Gasteiger partial charge on any atom is 0.0570 e. The van der Waals surface area contributed by atoms with Gasteiger partial charge >= 0.3 is 0 Å². The topological polar surface area (TPSA) is 24.7 Å². The molecule has 0 aliphatic carbocycles. The van der Waals surface area contributed by atoms with Gasteiger partial charge in [0.05, 0.1) is 12.4 Å². The minimum atomic E-state index is 1.07. The van der Waals surface area contributed by atoms with Gasteiger partial charge in [-0.15, -0.1) is 6.58 Å². The molecule has 0 N–H and O–H groups in total. The molecule has 2 rings (SSSR count). The van der Waals surface area contributed by atoms with E-state index in [0.717, 1.165) is 24.0 Å². The normalized spacial score (nSPS) is 11.4. The second-order valence-corrected chi connectivity index (χ2v) is 6.13. The summed E-state index contributed by atoms with van der Waals surface area (Å²) in [5, 5.41) is 8.30. The van der Waals surface area contributed by atoms with Crippen LogP contribution in [0, 0.1) is 13.8 Å². The van der Waals surface area contributed by atoms with Gasteiger partial charge < -0.3 is 0 Å². The molecule has 0 saturated carbocycles. The Morgan fingerprint density at radius 2 is 1.67 bits per heavy atom. The first-order valence-electron chi connectivity index (χ1n) is 8.52. The van der Waals surface area contributed by atoms with E-state index in [1.54, 1.807) is 12.4 Å². The maximum absolute atomic E-state index is 4.15. The Kier molecular flexibility index (Phi) is 7.16. The van der Waals surface area contributed by atoms with E-state index in [-0.39, 0.29) is 0 Å². The highest BCUT2D eigenvalue weighted by Crippen LogP contribution is 2.09. The fourth-order valence-electron chi connectivity index (χ4n) is 2.55. The lowest BCUT2D eigenvalue weighted by molar-refractivity contribution is 0.748. The quantitative estimate of drug-likeness (QED) is 0.260. The van der Waals surface area contributed by atoms with Crippen LogP contribution in [0.1, 0.15) is 47.1 Å². The van der Waals surface area contributed by atoms with Crippen molar-refractivity contribution in [1.29, 1.82) is 0 Å². The monoisotopic (exact) mass is 318 g/mol. The number of nitrogens with zero attached hydrogens (tertiary/aromatic N) is 2. The Labute approximate surface area is 145 Å². The Morgan fingerprint density at radius 1 is 0.917 bits per heavy atom. The van der Waals surface area contributed by atoms with Crippen LogP contribution in [0.25, 0.3) is 0 Å². The highest BCUT2D eigenvalue weighted by Gasteiger charge is 1.95. The second kappa shape index (κ2) is 9.61. The van der Waals surface area contributed by atoms with Gasteiger partial charge in [0.1, 0.15) is 0 Å². The summed E-state index contributed by atoms with van der Waals surface area (Å²) in [6.07, 6.45) is 10.2. The highest BCUT2D eigenvalue weighted by atomic mass is 15.2. The number of hydrogen-bond acceptors (Lipinski definition) is 2. The van der Waals surface area contributed by atoms with Gasteiger partial charge in [-0.05, 0) is 61.8 Å². The van der Waals surface area contributed by atoms with Crippen LogP contribution in [0.5, 0.6) is 0 Å². The van der Waals surface area contributed by atoms with Crippen molar-refractivity contribution in [1.82, 2.24) is 0 Å².